The Morgan fingerprint density at radius 1 is 0.690 bits per heavy atom. The molecule has 0 saturated heterocycles. The van der Waals surface area contributed by atoms with Crippen LogP contribution in [0, 0.1) is 27.7 Å². The number of hydrogen-bond donors (Lipinski definition) is 2. The van der Waals surface area contributed by atoms with E-state index in [-0.39, 0.29) is 29.7 Å². The van der Waals surface area contributed by atoms with E-state index in [0.29, 0.717) is 5.75 Å². The van der Waals surface area contributed by atoms with Gasteiger partial charge < -0.3 is 9.52 Å². The molecule has 4 heterocycles. The van der Waals surface area contributed by atoms with Gasteiger partial charge in [0, 0.05) is 17.0 Å². The van der Waals surface area contributed by atoms with Crippen molar-refractivity contribution in [3.8, 4) is 5.75 Å². The van der Waals surface area contributed by atoms with Gasteiger partial charge in [0.1, 0.15) is 11.3 Å². The van der Waals surface area contributed by atoms with Gasteiger partial charge in [-0.1, -0.05) is 72.2 Å². The van der Waals surface area contributed by atoms with Crippen molar-refractivity contribution in [2.45, 2.75) is 57.4 Å². The minimum Gasteiger partial charge on any atom is -0.508 e. The number of H-pyrrole nitrogens is 1. The molecule has 7 aromatic rings. The number of nitrogens with zero attached hydrogens (tertiary/aromatic N) is 3. The van der Waals surface area contributed by atoms with Crippen LogP contribution in [0.2, 0.25) is 0 Å². The van der Waals surface area contributed by atoms with E-state index in [1.165, 1.54) is 21.9 Å². The molecule has 0 aliphatic carbocycles. The predicted octanol–water partition coefficient (Wildman–Crippen LogP) is 10.5. The average molecular weight is 569 g/mol. The Labute approximate surface area is 251 Å². The summed E-state index contributed by atoms with van der Waals surface area (Å²) in [7, 11) is 0. The van der Waals surface area contributed by atoms with Crippen LogP contribution in [0.25, 0.3) is 27.4 Å². The molecule has 0 spiro atoms. The van der Waals surface area contributed by atoms with E-state index >= 15 is 0 Å². The van der Waals surface area contributed by atoms with Gasteiger partial charge in [-0.2, -0.15) is 10.2 Å². The van der Waals surface area contributed by atoms with Crippen LogP contribution in [0.5, 0.6) is 5.75 Å². The zero-order chi connectivity index (χ0) is 26.9. The number of furan rings is 1. The first kappa shape index (κ1) is 37.2. The van der Waals surface area contributed by atoms with Crippen molar-refractivity contribution in [2.75, 3.05) is 0 Å². The van der Waals surface area contributed by atoms with Gasteiger partial charge in [0.15, 0.2) is 0 Å². The molecule has 7 rings (SSSR count). The number of aromatic amines is 1. The van der Waals surface area contributed by atoms with E-state index in [0.717, 1.165) is 27.9 Å². The van der Waals surface area contributed by atoms with Gasteiger partial charge in [-0.05, 0) is 92.9 Å². The van der Waals surface area contributed by atoms with E-state index in [1.54, 1.807) is 18.4 Å². The molecule has 0 aliphatic heterocycles. The van der Waals surface area contributed by atoms with Crippen molar-refractivity contribution in [3.63, 3.8) is 0 Å². The molecule has 0 unspecified atom stereocenters. The molecule has 0 amide bonds. The van der Waals surface area contributed by atoms with Crippen molar-refractivity contribution in [1.29, 1.82) is 0 Å². The van der Waals surface area contributed by atoms with E-state index < -0.39 is 0 Å². The van der Waals surface area contributed by atoms with Gasteiger partial charge in [-0.3, -0.25) is 5.10 Å². The monoisotopic (exact) mass is 568 g/mol. The fourth-order valence-corrected chi connectivity index (χ4v) is 3.81. The van der Waals surface area contributed by atoms with Crippen LogP contribution in [0.4, 0.5) is 0 Å². The number of aromatic hydroxyl groups is 1. The van der Waals surface area contributed by atoms with Crippen LogP contribution in [0.3, 0.4) is 0 Å². The molecule has 6 nitrogen and oxygen atoms in total. The summed E-state index contributed by atoms with van der Waals surface area (Å²) < 4.78 is 7.07. The van der Waals surface area contributed by atoms with Gasteiger partial charge in [-0.15, -0.1) is 0 Å². The molecule has 0 aliphatic rings. The summed E-state index contributed by atoms with van der Waals surface area (Å²) in [5.41, 5.74) is 7.88. The topological polar surface area (TPSA) is 79.3 Å². The second-order valence-electron chi connectivity index (χ2n) is 9.12. The lowest BCUT2D eigenvalue weighted by molar-refractivity contribution is 0.475. The van der Waals surface area contributed by atoms with Gasteiger partial charge in [0.2, 0.25) is 0 Å². The number of nitrogens with one attached hydrogen (secondary N) is 1. The molecule has 4 aromatic heterocycles. The Morgan fingerprint density at radius 3 is 2.05 bits per heavy atom. The fraction of sp³-hybridized carbons (Fsp3) is 0.222. The summed E-state index contributed by atoms with van der Waals surface area (Å²) >= 11 is 0. The van der Waals surface area contributed by atoms with E-state index in [9.17, 15) is 0 Å². The highest BCUT2D eigenvalue weighted by Crippen LogP contribution is 2.16. The normalized spacial score (nSPS) is 9.24. The third-order valence-corrected chi connectivity index (χ3v) is 5.70. The summed E-state index contributed by atoms with van der Waals surface area (Å²) in [6.45, 7) is 8.06. The zero-order valence-corrected chi connectivity index (χ0v) is 22.1. The van der Waals surface area contributed by atoms with Crippen molar-refractivity contribution in [1.82, 2.24) is 19.8 Å². The highest BCUT2D eigenvalue weighted by atomic mass is 16.3. The standard InChI is InChI=1S/C9H8O.2C8H8N2.C7H8O.4CH4/c1-7-2-3-8-4-5-10-9(8)6-7;1-6-2-3-7-5-9-10-8(7)4-6;1-7-6-8-4-2-3-5-10(8)9-7;1-6-3-2-4-7(8)5-6;;;;/h2-6H,1H3;2-5H,1H3,(H,9,10);2-6H,1H3;2-5,8H,1H3;4*1H4. The Bertz CT molecular complexity index is 1620. The van der Waals surface area contributed by atoms with Crippen molar-refractivity contribution in [3.05, 3.63) is 132 Å². The zero-order valence-electron chi connectivity index (χ0n) is 22.1. The van der Waals surface area contributed by atoms with Crippen molar-refractivity contribution >= 4 is 27.4 Å². The molecule has 0 fully saturated rings. The molecule has 42 heavy (non-hydrogen) atoms. The molecule has 0 radical (unpaired) electrons. The lowest BCUT2D eigenvalue weighted by Crippen LogP contribution is -1.83. The maximum atomic E-state index is 8.81. The van der Waals surface area contributed by atoms with Gasteiger partial charge in [0.25, 0.3) is 0 Å². The van der Waals surface area contributed by atoms with Crippen LogP contribution in [-0.2, 0) is 0 Å². The Hall–Kier alpha value is -4.84. The van der Waals surface area contributed by atoms with Crippen LogP contribution >= 0.6 is 0 Å². The predicted molar refractivity (Wildman–Crippen MR) is 181 cm³/mol. The van der Waals surface area contributed by atoms with Gasteiger partial charge in [0.05, 0.1) is 29.2 Å². The first-order valence-corrected chi connectivity index (χ1v) is 12.4. The number of phenols is 1. The quantitative estimate of drug-likeness (QED) is 0.191. The number of pyridine rings is 1. The highest BCUT2D eigenvalue weighted by molar-refractivity contribution is 5.78. The molecule has 0 bridgehead atoms. The SMILES string of the molecule is C.C.C.C.Cc1cc2ccccn2n1.Cc1ccc2ccoc2c1.Cc1ccc2cn[nH]c2c1.Cc1cccc(O)c1. The highest BCUT2D eigenvalue weighted by Gasteiger charge is 1.94. The average Bonchev–Trinajstić information content (AvgIpc) is 3.63. The Balaban J connectivity index is 0.000000519. The summed E-state index contributed by atoms with van der Waals surface area (Å²) in [5, 5.41) is 22.2. The van der Waals surface area contributed by atoms with Crippen LogP contribution < -0.4 is 0 Å². The van der Waals surface area contributed by atoms with E-state index in [1.807, 2.05) is 73.2 Å². The molecule has 6 heteroatoms. The summed E-state index contributed by atoms with van der Waals surface area (Å²) in [4.78, 5) is 0. The third kappa shape index (κ3) is 10.6. The summed E-state index contributed by atoms with van der Waals surface area (Å²) in [5.74, 6) is 0.338. The third-order valence-electron chi connectivity index (χ3n) is 5.70. The maximum absolute atomic E-state index is 8.81. The van der Waals surface area contributed by atoms with Gasteiger partial charge in [-0.25, -0.2) is 4.52 Å². The number of phenolic OH excluding ortho intramolecular Hbond substituents is 1. The molecular formula is C36H48N4O2. The molecule has 224 valence electrons. The van der Waals surface area contributed by atoms with Crippen LogP contribution in [0.15, 0.2) is 114 Å². The second kappa shape index (κ2) is 17.8. The van der Waals surface area contributed by atoms with Crippen LogP contribution in [0.1, 0.15) is 52.1 Å². The first-order valence-electron chi connectivity index (χ1n) is 12.4. The number of rotatable bonds is 0. The van der Waals surface area contributed by atoms with E-state index in [2.05, 4.69) is 65.5 Å². The number of aromatic nitrogens is 4. The number of hydrogen-bond acceptors (Lipinski definition) is 4. The molecule has 2 N–H and O–H groups in total. The number of fused-ring (bicyclic) bond motifs is 3. The Morgan fingerprint density at radius 2 is 1.38 bits per heavy atom. The smallest absolute Gasteiger partial charge is 0.134 e. The fourth-order valence-electron chi connectivity index (χ4n) is 3.81. The van der Waals surface area contributed by atoms with E-state index in [4.69, 9.17) is 9.52 Å². The number of benzene rings is 3. The maximum Gasteiger partial charge on any atom is 0.134 e. The van der Waals surface area contributed by atoms with Gasteiger partial charge >= 0.3 is 0 Å². The van der Waals surface area contributed by atoms with Crippen molar-refractivity contribution in [2.24, 2.45) is 0 Å². The molecular weight excluding hydrogens is 520 g/mol. The number of aryl methyl sites for hydroxylation is 4. The first-order chi connectivity index (χ1) is 18.4. The summed E-state index contributed by atoms with van der Waals surface area (Å²) in [6, 6.07) is 29.6. The minimum absolute atomic E-state index is 0. The largest absolute Gasteiger partial charge is 0.508 e. The summed E-state index contributed by atoms with van der Waals surface area (Å²) in [6.07, 6.45) is 5.49. The van der Waals surface area contributed by atoms with Crippen LogP contribution in [-0.4, -0.2) is 24.9 Å². The lowest BCUT2D eigenvalue weighted by Gasteiger charge is -1.89. The Kier molecular flexibility index (Phi) is 15.7. The molecule has 0 atom stereocenters. The minimum atomic E-state index is 0. The lowest BCUT2D eigenvalue weighted by atomic mass is 10.2. The second-order valence-corrected chi connectivity index (χ2v) is 9.12. The molecule has 3 aromatic carbocycles. The van der Waals surface area contributed by atoms with Crippen molar-refractivity contribution < 1.29 is 9.52 Å². The molecule has 0 saturated carbocycles.